The summed E-state index contributed by atoms with van der Waals surface area (Å²) in [5.74, 6) is -0.680. The van der Waals surface area contributed by atoms with Gasteiger partial charge in [-0.2, -0.15) is 0 Å². The number of hydrogen-bond acceptors (Lipinski definition) is 3. The number of aliphatic hydroxyl groups excluding tert-OH is 1. The van der Waals surface area contributed by atoms with Crippen molar-refractivity contribution in [3.05, 3.63) is 35.9 Å². The predicted molar refractivity (Wildman–Crippen MR) is 66.6 cm³/mol. The second-order valence-electron chi connectivity index (χ2n) is 4.51. The van der Waals surface area contributed by atoms with Crippen LogP contribution in [0, 0.1) is 0 Å². The van der Waals surface area contributed by atoms with Gasteiger partial charge in [0, 0.05) is 13.0 Å². The van der Waals surface area contributed by atoms with Crippen molar-refractivity contribution in [1.82, 2.24) is 4.90 Å². The van der Waals surface area contributed by atoms with Gasteiger partial charge in [0.15, 0.2) is 6.10 Å². The highest BCUT2D eigenvalue weighted by atomic mass is 16.3. The zero-order valence-corrected chi connectivity index (χ0v) is 10.2. The van der Waals surface area contributed by atoms with Crippen molar-refractivity contribution in [3.8, 4) is 0 Å². The van der Waals surface area contributed by atoms with Gasteiger partial charge in [-0.1, -0.05) is 36.8 Å². The molecule has 1 aliphatic rings. The molecule has 1 N–H and O–H groups in total. The average Bonchev–Trinajstić information content (AvgIpc) is 2.63. The molecular weight excluding hydrogens is 230 g/mol. The second-order valence-corrected chi connectivity index (χ2v) is 4.51. The SMILES string of the molecule is O=C1CCCCCN1C(=O)C(O)c1ccccc1. The first-order valence-corrected chi connectivity index (χ1v) is 6.27. The summed E-state index contributed by atoms with van der Waals surface area (Å²) in [7, 11) is 0. The van der Waals surface area contributed by atoms with Gasteiger partial charge < -0.3 is 5.11 Å². The lowest BCUT2D eigenvalue weighted by Gasteiger charge is -2.21. The van der Waals surface area contributed by atoms with Crippen LogP contribution in [0.1, 0.15) is 37.4 Å². The van der Waals surface area contributed by atoms with Crippen molar-refractivity contribution in [3.63, 3.8) is 0 Å². The highest BCUT2D eigenvalue weighted by molar-refractivity contribution is 5.97. The number of rotatable bonds is 2. The van der Waals surface area contributed by atoms with E-state index in [-0.39, 0.29) is 5.91 Å². The van der Waals surface area contributed by atoms with Gasteiger partial charge in [0.25, 0.3) is 5.91 Å². The molecule has 0 radical (unpaired) electrons. The van der Waals surface area contributed by atoms with Gasteiger partial charge in [0.05, 0.1) is 0 Å². The summed E-state index contributed by atoms with van der Waals surface area (Å²) in [4.78, 5) is 25.1. The summed E-state index contributed by atoms with van der Waals surface area (Å²) >= 11 is 0. The monoisotopic (exact) mass is 247 g/mol. The van der Waals surface area contributed by atoms with Crippen LogP contribution in [-0.2, 0) is 9.59 Å². The average molecular weight is 247 g/mol. The minimum Gasteiger partial charge on any atom is -0.378 e. The number of nitrogens with zero attached hydrogens (tertiary/aromatic N) is 1. The van der Waals surface area contributed by atoms with E-state index in [1.807, 2.05) is 6.07 Å². The molecule has 0 spiro atoms. The Bertz CT molecular complexity index is 430. The smallest absolute Gasteiger partial charge is 0.262 e. The Balaban J connectivity index is 2.12. The van der Waals surface area contributed by atoms with Gasteiger partial charge in [0.1, 0.15) is 0 Å². The molecule has 18 heavy (non-hydrogen) atoms. The Morgan fingerprint density at radius 2 is 1.89 bits per heavy atom. The maximum atomic E-state index is 12.1. The highest BCUT2D eigenvalue weighted by Crippen LogP contribution is 2.19. The van der Waals surface area contributed by atoms with Crippen molar-refractivity contribution in [2.45, 2.75) is 31.8 Å². The quantitative estimate of drug-likeness (QED) is 0.864. The summed E-state index contributed by atoms with van der Waals surface area (Å²) in [5.41, 5.74) is 0.527. The number of imide groups is 1. The summed E-state index contributed by atoms with van der Waals surface area (Å²) in [5, 5.41) is 10.0. The Labute approximate surface area is 106 Å². The molecule has 1 atom stereocenters. The van der Waals surface area contributed by atoms with Gasteiger partial charge >= 0.3 is 0 Å². The number of carbonyl (C=O) groups is 2. The van der Waals surface area contributed by atoms with E-state index in [0.717, 1.165) is 19.3 Å². The van der Waals surface area contributed by atoms with Crippen LogP contribution < -0.4 is 0 Å². The molecule has 1 aromatic carbocycles. The normalized spacial score (nSPS) is 18.3. The van der Waals surface area contributed by atoms with Crippen LogP contribution in [0.25, 0.3) is 0 Å². The third-order valence-corrected chi connectivity index (χ3v) is 3.19. The molecule has 2 rings (SSSR count). The van der Waals surface area contributed by atoms with Crippen LogP contribution in [0.3, 0.4) is 0 Å². The summed E-state index contributed by atoms with van der Waals surface area (Å²) in [6, 6.07) is 8.71. The van der Waals surface area contributed by atoms with E-state index in [1.165, 1.54) is 4.90 Å². The molecule has 96 valence electrons. The van der Waals surface area contributed by atoms with E-state index in [0.29, 0.717) is 18.5 Å². The standard InChI is InChI=1S/C14H17NO3/c16-12-9-5-2-6-10-15(12)14(18)13(17)11-7-3-1-4-8-11/h1,3-4,7-8,13,17H,2,5-6,9-10H2. The van der Waals surface area contributed by atoms with Gasteiger partial charge in [-0.3, -0.25) is 14.5 Å². The minimum absolute atomic E-state index is 0.174. The third kappa shape index (κ3) is 2.76. The number of aliphatic hydroxyl groups is 1. The van der Waals surface area contributed by atoms with Crippen molar-refractivity contribution in [1.29, 1.82) is 0 Å². The fraction of sp³-hybridized carbons (Fsp3) is 0.429. The Morgan fingerprint density at radius 3 is 2.61 bits per heavy atom. The van der Waals surface area contributed by atoms with E-state index in [1.54, 1.807) is 24.3 Å². The number of amides is 2. The molecule has 1 unspecified atom stereocenters. The van der Waals surface area contributed by atoms with Crippen LogP contribution >= 0.6 is 0 Å². The topological polar surface area (TPSA) is 57.6 Å². The van der Waals surface area contributed by atoms with Crippen LogP contribution in [0.4, 0.5) is 0 Å². The number of hydrogen-bond donors (Lipinski definition) is 1. The van der Waals surface area contributed by atoms with Gasteiger partial charge in [0.2, 0.25) is 5.91 Å². The molecule has 0 aliphatic carbocycles. The van der Waals surface area contributed by atoms with E-state index in [2.05, 4.69) is 0 Å². The molecule has 1 aromatic rings. The first-order valence-electron chi connectivity index (χ1n) is 6.27. The Hall–Kier alpha value is -1.68. The molecule has 2 amide bonds. The van der Waals surface area contributed by atoms with E-state index in [4.69, 9.17) is 0 Å². The lowest BCUT2D eigenvalue weighted by molar-refractivity contribution is -0.150. The van der Waals surface area contributed by atoms with Gasteiger partial charge in [-0.25, -0.2) is 0 Å². The predicted octanol–water partition coefficient (Wildman–Crippen LogP) is 1.65. The van der Waals surface area contributed by atoms with Crippen molar-refractivity contribution >= 4 is 11.8 Å². The molecule has 0 aromatic heterocycles. The Morgan fingerprint density at radius 1 is 1.17 bits per heavy atom. The van der Waals surface area contributed by atoms with E-state index in [9.17, 15) is 14.7 Å². The van der Waals surface area contributed by atoms with Crippen LogP contribution in [0.15, 0.2) is 30.3 Å². The zero-order valence-electron chi connectivity index (χ0n) is 10.2. The zero-order chi connectivity index (χ0) is 13.0. The summed E-state index contributed by atoms with van der Waals surface area (Å²) in [6.07, 6.45) is 1.75. The van der Waals surface area contributed by atoms with Gasteiger partial charge in [-0.15, -0.1) is 0 Å². The van der Waals surface area contributed by atoms with E-state index < -0.39 is 12.0 Å². The molecule has 1 heterocycles. The third-order valence-electron chi connectivity index (χ3n) is 3.19. The number of likely N-dealkylation sites (tertiary alicyclic amines) is 1. The highest BCUT2D eigenvalue weighted by Gasteiger charge is 2.28. The fourth-order valence-electron chi connectivity index (χ4n) is 2.14. The molecule has 1 aliphatic heterocycles. The maximum Gasteiger partial charge on any atom is 0.262 e. The summed E-state index contributed by atoms with van der Waals surface area (Å²) in [6.45, 7) is 0.418. The first-order chi connectivity index (χ1) is 8.70. The molecule has 4 nitrogen and oxygen atoms in total. The largest absolute Gasteiger partial charge is 0.378 e. The van der Waals surface area contributed by atoms with Gasteiger partial charge in [-0.05, 0) is 18.4 Å². The van der Waals surface area contributed by atoms with E-state index >= 15 is 0 Å². The van der Waals surface area contributed by atoms with Crippen molar-refractivity contribution in [2.24, 2.45) is 0 Å². The maximum absolute atomic E-state index is 12.1. The number of carbonyl (C=O) groups excluding carboxylic acids is 2. The summed E-state index contributed by atoms with van der Waals surface area (Å²) < 4.78 is 0. The molecule has 0 bridgehead atoms. The first kappa shape index (κ1) is 12.8. The van der Waals surface area contributed by atoms with Crippen molar-refractivity contribution < 1.29 is 14.7 Å². The number of benzene rings is 1. The molecule has 1 fully saturated rings. The minimum atomic E-state index is -1.24. The molecule has 1 saturated heterocycles. The lowest BCUT2D eigenvalue weighted by atomic mass is 10.1. The fourth-order valence-corrected chi connectivity index (χ4v) is 2.14. The molecule has 0 saturated carbocycles. The van der Waals surface area contributed by atoms with Crippen LogP contribution in [-0.4, -0.2) is 28.4 Å². The van der Waals surface area contributed by atoms with Crippen LogP contribution in [0.5, 0.6) is 0 Å². The Kier molecular flexibility index (Phi) is 4.10. The lowest BCUT2D eigenvalue weighted by Crippen LogP contribution is -2.39. The molecular formula is C14H17NO3. The second kappa shape index (κ2) is 5.78. The van der Waals surface area contributed by atoms with Crippen LogP contribution in [0.2, 0.25) is 0 Å². The van der Waals surface area contributed by atoms with Crippen molar-refractivity contribution in [2.75, 3.05) is 6.54 Å². The molecule has 4 heteroatoms.